The fraction of sp³-hybridized carbons (Fsp3) is 0.625. The first kappa shape index (κ1) is 14.9. The SMILES string of the molecule is CCCCCCCCCCNc1ccccc1O. The van der Waals surface area contributed by atoms with Gasteiger partial charge in [0.2, 0.25) is 0 Å². The molecule has 1 rings (SSSR count). The van der Waals surface area contributed by atoms with Crippen LogP contribution in [0.5, 0.6) is 5.75 Å². The Morgan fingerprint density at radius 2 is 1.50 bits per heavy atom. The van der Waals surface area contributed by atoms with Gasteiger partial charge in [-0.05, 0) is 18.6 Å². The second-order valence-electron chi connectivity index (χ2n) is 4.92. The summed E-state index contributed by atoms with van der Waals surface area (Å²) in [5.74, 6) is 0.345. The number of aromatic hydroxyl groups is 1. The lowest BCUT2D eigenvalue weighted by atomic mass is 10.1. The Bertz CT molecular complexity index is 312. The Labute approximate surface area is 111 Å². The standard InChI is InChI=1S/C16H27NO/c1-2-3-4-5-6-7-8-11-14-17-15-12-9-10-13-16(15)18/h9-10,12-13,17-18H,2-8,11,14H2,1H3. The maximum absolute atomic E-state index is 9.57. The number of para-hydroxylation sites is 2. The molecule has 18 heavy (non-hydrogen) atoms. The van der Waals surface area contributed by atoms with Crippen LogP contribution in [0.3, 0.4) is 0 Å². The first-order valence-corrected chi connectivity index (χ1v) is 7.36. The molecule has 0 aromatic heterocycles. The molecule has 0 bridgehead atoms. The van der Waals surface area contributed by atoms with Crippen LogP contribution >= 0.6 is 0 Å². The zero-order chi connectivity index (χ0) is 13.1. The molecule has 0 saturated heterocycles. The zero-order valence-corrected chi connectivity index (χ0v) is 11.6. The second kappa shape index (κ2) is 9.81. The Kier molecular flexibility index (Phi) is 8.11. The monoisotopic (exact) mass is 249 g/mol. The van der Waals surface area contributed by atoms with Crippen LogP contribution in [0.25, 0.3) is 0 Å². The largest absolute Gasteiger partial charge is 0.506 e. The molecule has 0 aliphatic rings. The summed E-state index contributed by atoms with van der Waals surface area (Å²) in [7, 11) is 0. The third-order valence-corrected chi connectivity index (χ3v) is 3.25. The fourth-order valence-electron chi connectivity index (χ4n) is 2.11. The van der Waals surface area contributed by atoms with Crippen molar-refractivity contribution in [1.82, 2.24) is 0 Å². The van der Waals surface area contributed by atoms with Crippen molar-refractivity contribution in [2.75, 3.05) is 11.9 Å². The molecule has 1 aromatic rings. The lowest BCUT2D eigenvalue weighted by Crippen LogP contribution is -2.01. The molecule has 0 spiro atoms. The van der Waals surface area contributed by atoms with E-state index >= 15 is 0 Å². The lowest BCUT2D eigenvalue weighted by molar-refractivity contribution is 0.477. The van der Waals surface area contributed by atoms with E-state index < -0.39 is 0 Å². The number of rotatable bonds is 10. The molecular formula is C16H27NO. The van der Waals surface area contributed by atoms with Crippen LogP contribution in [0, 0.1) is 0 Å². The summed E-state index contributed by atoms with van der Waals surface area (Å²) in [5, 5.41) is 12.8. The summed E-state index contributed by atoms with van der Waals surface area (Å²) in [5.41, 5.74) is 0.848. The molecule has 2 N–H and O–H groups in total. The van der Waals surface area contributed by atoms with Gasteiger partial charge in [0.1, 0.15) is 5.75 Å². The number of phenolic OH excluding ortho intramolecular Hbond substituents is 1. The summed E-state index contributed by atoms with van der Waals surface area (Å²) in [6, 6.07) is 7.42. The zero-order valence-electron chi connectivity index (χ0n) is 11.6. The quantitative estimate of drug-likeness (QED) is 0.454. The van der Waals surface area contributed by atoms with Crippen LogP contribution < -0.4 is 5.32 Å². The molecule has 2 heteroatoms. The van der Waals surface area contributed by atoms with Gasteiger partial charge in [-0.15, -0.1) is 0 Å². The predicted molar refractivity (Wildman–Crippen MR) is 79.2 cm³/mol. The van der Waals surface area contributed by atoms with Crippen molar-refractivity contribution < 1.29 is 5.11 Å². The van der Waals surface area contributed by atoms with Gasteiger partial charge in [-0.1, -0.05) is 64.0 Å². The maximum atomic E-state index is 9.57. The Morgan fingerprint density at radius 3 is 2.17 bits per heavy atom. The van der Waals surface area contributed by atoms with Crippen molar-refractivity contribution in [2.24, 2.45) is 0 Å². The summed E-state index contributed by atoms with van der Waals surface area (Å²) < 4.78 is 0. The van der Waals surface area contributed by atoms with Crippen molar-refractivity contribution in [2.45, 2.75) is 58.3 Å². The third kappa shape index (κ3) is 6.53. The number of hydrogen-bond donors (Lipinski definition) is 2. The second-order valence-corrected chi connectivity index (χ2v) is 4.92. The van der Waals surface area contributed by atoms with Crippen molar-refractivity contribution in [3.05, 3.63) is 24.3 Å². The molecular weight excluding hydrogens is 222 g/mol. The molecule has 0 fully saturated rings. The minimum Gasteiger partial charge on any atom is -0.506 e. The molecule has 1 aromatic carbocycles. The fourth-order valence-corrected chi connectivity index (χ4v) is 2.11. The maximum Gasteiger partial charge on any atom is 0.138 e. The van der Waals surface area contributed by atoms with Gasteiger partial charge in [-0.25, -0.2) is 0 Å². The molecule has 2 nitrogen and oxygen atoms in total. The number of benzene rings is 1. The Morgan fingerprint density at radius 1 is 0.889 bits per heavy atom. The molecule has 0 heterocycles. The van der Waals surface area contributed by atoms with Gasteiger partial charge < -0.3 is 10.4 Å². The van der Waals surface area contributed by atoms with Gasteiger partial charge in [0.25, 0.3) is 0 Å². The minimum atomic E-state index is 0.345. The number of phenols is 1. The highest BCUT2D eigenvalue weighted by Gasteiger charge is 1.97. The summed E-state index contributed by atoms with van der Waals surface area (Å²) in [4.78, 5) is 0. The van der Waals surface area contributed by atoms with Gasteiger partial charge in [0.15, 0.2) is 0 Å². The average Bonchev–Trinajstić information content (AvgIpc) is 2.39. The summed E-state index contributed by atoms with van der Waals surface area (Å²) in [6.07, 6.45) is 10.7. The molecule has 0 atom stereocenters. The lowest BCUT2D eigenvalue weighted by Gasteiger charge is -2.07. The van der Waals surface area contributed by atoms with Gasteiger partial charge in [-0.3, -0.25) is 0 Å². The summed E-state index contributed by atoms with van der Waals surface area (Å²) >= 11 is 0. The van der Waals surface area contributed by atoms with Crippen LogP contribution in [0.4, 0.5) is 5.69 Å². The molecule has 102 valence electrons. The topological polar surface area (TPSA) is 32.3 Å². The van der Waals surface area contributed by atoms with E-state index in [9.17, 15) is 5.11 Å². The van der Waals surface area contributed by atoms with Crippen LogP contribution in [-0.4, -0.2) is 11.7 Å². The molecule has 0 amide bonds. The van der Waals surface area contributed by atoms with Crippen LogP contribution in [0.15, 0.2) is 24.3 Å². The average molecular weight is 249 g/mol. The van der Waals surface area contributed by atoms with E-state index in [4.69, 9.17) is 0 Å². The minimum absolute atomic E-state index is 0.345. The predicted octanol–water partition coefficient (Wildman–Crippen LogP) is 4.94. The number of nitrogens with one attached hydrogen (secondary N) is 1. The highest BCUT2D eigenvalue weighted by atomic mass is 16.3. The molecule has 0 aliphatic carbocycles. The van der Waals surface area contributed by atoms with E-state index in [2.05, 4.69) is 12.2 Å². The van der Waals surface area contributed by atoms with Crippen molar-refractivity contribution in [3.63, 3.8) is 0 Å². The van der Waals surface area contributed by atoms with Crippen molar-refractivity contribution >= 4 is 5.69 Å². The number of unbranched alkanes of at least 4 members (excludes halogenated alkanes) is 7. The Hall–Kier alpha value is -1.18. The van der Waals surface area contributed by atoms with Gasteiger partial charge in [0.05, 0.1) is 5.69 Å². The third-order valence-electron chi connectivity index (χ3n) is 3.25. The molecule has 0 saturated carbocycles. The molecule has 0 aliphatic heterocycles. The van der Waals surface area contributed by atoms with Gasteiger partial charge in [-0.2, -0.15) is 0 Å². The van der Waals surface area contributed by atoms with E-state index in [-0.39, 0.29) is 0 Å². The van der Waals surface area contributed by atoms with E-state index in [1.807, 2.05) is 18.2 Å². The van der Waals surface area contributed by atoms with E-state index in [0.29, 0.717) is 5.75 Å². The first-order valence-electron chi connectivity index (χ1n) is 7.36. The molecule has 0 radical (unpaired) electrons. The molecule has 0 unspecified atom stereocenters. The summed E-state index contributed by atoms with van der Waals surface area (Å²) in [6.45, 7) is 3.21. The van der Waals surface area contributed by atoms with Crippen LogP contribution in [0.2, 0.25) is 0 Å². The smallest absolute Gasteiger partial charge is 0.138 e. The number of anilines is 1. The van der Waals surface area contributed by atoms with Crippen molar-refractivity contribution in [3.8, 4) is 5.75 Å². The highest BCUT2D eigenvalue weighted by molar-refractivity contribution is 5.54. The van der Waals surface area contributed by atoms with Crippen molar-refractivity contribution in [1.29, 1.82) is 0 Å². The Balaban J connectivity index is 1.94. The van der Waals surface area contributed by atoms with Crippen LogP contribution in [-0.2, 0) is 0 Å². The highest BCUT2D eigenvalue weighted by Crippen LogP contribution is 2.21. The first-order chi connectivity index (χ1) is 8.84. The normalized spacial score (nSPS) is 10.5. The van der Waals surface area contributed by atoms with Gasteiger partial charge in [0, 0.05) is 6.54 Å². The van der Waals surface area contributed by atoms with Crippen LogP contribution in [0.1, 0.15) is 58.3 Å². The van der Waals surface area contributed by atoms with E-state index in [0.717, 1.165) is 12.2 Å². The number of hydrogen-bond acceptors (Lipinski definition) is 2. The van der Waals surface area contributed by atoms with E-state index in [1.54, 1.807) is 6.07 Å². The van der Waals surface area contributed by atoms with E-state index in [1.165, 1.54) is 51.4 Å². The van der Waals surface area contributed by atoms with Gasteiger partial charge >= 0.3 is 0 Å².